The number of carbonyl (C=O) groups excluding carboxylic acids is 3. The van der Waals surface area contributed by atoms with Gasteiger partial charge in [-0.05, 0) is 80.8 Å². The highest BCUT2D eigenvalue weighted by Gasteiger charge is 2.40. The highest BCUT2D eigenvalue weighted by Crippen LogP contribution is 2.39. The Morgan fingerprint density at radius 2 is 1.64 bits per heavy atom. The van der Waals surface area contributed by atoms with Gasteiger partial charge in [-0.15, -0.1) is 0 Å². The molecule has 2 atom stereocenters. The van der Waals surface area contributed by atoms with Crippen molar-refractivity contribution < 1.29 is 18.8 Å². The number of benzene rings is 2. The number of anilines is 2. The fraction of sp³-hybridized carbons (Fsp3) is 0.500. The van der Waals surface area contributed by atoms with Crippen LogP contribution in [-0.4, -0.2) is 118 Å². The number of amides is 3. The van der Waals surface area contributed by atoms with Crippen molar-refractivity contribution in [3.63, 3.8) is 0 Å². The second-order valence-electron chi connectivity index (χ2n) is 16.7. The number of aromatic nitrogens is 3. The van der Waals surface area contributed by atoms with Gasteiger partial charge in [0.2, 0.25) is 17.8 Å². The number of alkyl halides is 1. The standard InChI is InChI=1S/C42H50FN9O3/c1-42(2,43)26-51-16-13-33-32-5-3-4-6-34(32)46-37(33)38(51)29-22-44-41(45-23-29)50-14-11-27(12-15-50)24-48-17-19-49(20-18-48)30-7-8-31-28(21-30)25-52(40(31)55)35-9-10-36(53)47-39(35)54/h3-8,21-23,27,35,38,46H,9-20,24-26H2,1-2H3,(H,47,53,54)/t35?,38-/m1/s1. The van der Waals surface area contributed by atoms with Crippen LogP contribution in [0.15, 0.2) is 54.9 Å². The molecule has 3 amide bonds. The second kappa shape index (κ2) is 14.3. The maximum absolute atomic E-state index is 15.0. The molecule has 0 aliphatic carbocycles. The Balaban J connectivity index is 0.783. The largest absolute Gasteiger partial charge is 0.369 e. The predicted octanol–water partition coefficient (Wildman–Crippen LogP) is 4.45. The van der Waals surface area contributed by atoms with Gasteiger partial charge in [0, 0.05) is 118 Å². The van der Waals surface area contributed by atoms with Gasteiger partial charge in [0.05, 0.1) is 6.04 Å². The van der Waals surface area contributed by atoms with Gasteiger partial charge in [-0.3, -0.25) is 29.5 Å². The van der Waals surface area contributed by atoms with Crippen molar-refractivity contribution in [1.29, 1.82) is 0 Å². The Bertz CT molecular complexity index is 2100. The molecule has 9 rings (SSSR count). The first-order valence-corrected chi connectivity index (χ1v) is 19.9. The number of hydrogen-bond acceptors (Lipinski definition) is 9. The molecule has 12 nitrogen and oxygen atoms in total. The summed E-state index contributed by atoms with van der Waals surface area (Å²) in [5.74, 6) is 0.589. The van der Waals surface area contributed by atoms with Gasteiger partial charge in [-0.1, -0.05) is 18.2 Å². The van der Waals surface area contributed by atoms with Crippen LogP contribution < -0.4 is 15.1 Å². The number of aromatic amines is 1. The van der Waals surface area contributed by atoms with Crippen molar-refractivity contribution in [2.45, 2.75) is 70.2 Å². The normalized spacial score (nSPS) is 23.0. The van der Waals surface area contributed by atoms with E-state index in [1.54, 1.807) is 18.7 Å². The molecule has 5 aliphatic heterocycles. The first kappa shape index (κ1) is 35.8. The van der Waals surface area contributed by atoms with Crippen LogP contribution in [0.4, 0.5) is 16.0 Å². The van der Waals surface area contributed by atoms with E-state index in [0.29, 0.717) is 31.0 Å². The zero-order chi connectivity index (χ0) is 37.8. The number of H-pyrrole nitrogens is 1. The van der Waals surface area contributed by atoms with Crippen LogP contribution in [0.1, 0.15) is 78.3 Å². The van der Waals surface area contributed by atoms with Gasteiger partial charge in [-0.2, -0.15) is 0 Å². The Kier molecular flexibility index (Phi) is 9.32. The number of piperidine rings is 2. The first-order chi connectivity index (χ1) is 26.6. The van der Waals surface area contributed by atoms with Crippen LogP contribution in [0.25, 0.3) is 10.9 Å². The van der Waals surface area contributed by atoms with Crippen LogP contribution in [0.2, 0.25) is 0 Å². The van der Waals surface area contributed by atoms with E-state index in [1.165, 1.54) is 10.9 Å². The minimum Gasteiger partial charge on any atom is -0.369 e. The molecule has 2 aromatic carbocycles. The van der Waals surface area contributed by atoms with Crippen LogP contribution >= 0.6 is 0 Å². The number of hydrogen-bond donors (Lipinski definition) is 2. The third kappa shape index (κ3) is 7.08. The third-order valence-corrected chi connectivity index (χ3v) is 12.3. The Labute approximate surface area is 321 Å². The van der Waals surface area contributed by atoms with E-state index in [-0.39, 0.29) is 30.2 Å². The zero-order valence-electron chi connectivity index (χ0n) is 31.8. The number of halogens is 1. The fourth-order valence-corrected chi connectivity index (χ4v) is 9.58. The molecular weight excluding hydrogens is 698 g/mol. The van der Waals surface area contributed by atoms with Crippen molar-refractivity contribution >= 4 is 40.3 Å². The summed E-state index contributed by atoms with van der Waals surface area (Å²) in [7, 11) is 0. The van der Waals surface area contributed by atoms with Crippen molar-refractivity contribution in [3.05, 3.63) is 82.8 Å². The topological polar surface area (TPSA) is 121 Å². The summed E-state index contributed by atoms with van der Waals surface area (Å²) < 4.78 is 15.0. The lowest BCUT2D eigenvalue weighted by molar-refractivity contribution is -0.136. The van der Waals surface area contributed by atoms with Gasteiger partial charge in [0.25, 0.3) is 5.91 Å². The van der Waals surface area contributed by atoms with Gasteiger partial charge in [0.15, 0.2) is 0 Å². The highest BCUT2D eigenvalue weighted by molar-refractivity contribution is 6.05. The molecule has 0 bridgehead atoms. The number of para-hydroxylation sites is 1. The summed E-state index contributed by atoms with van der Waals surface area (Å²) in [4.78, 5) is 61.8. The number of carbonyl (C=O) groups is 3. The highest BCUT2D eigenvalue weighted by atomic mass is 19.1. The predicted molar refractivity (Wildman–Crippen MR) is 209 cm³/mol. The molecule has 1 unspecified atom stereocenters. The molecule has 0 radical (unpaired) electrons. The maximum atomic E-state index is 15.0. The summed E-state index contributed by atoms with van der Waals surface area (Å²) >= 11 is 0. The lowest BCUT2D eigenvalue weighted by Crippen LogP contribution is -2.52. The van der Waals surface area contributed by atoms with Crippen molar-refractivity contribution in [2.75, 3.05) is 68.7 Å². The van der Waals surface area contributed by atoms with E-state index >= 15 is 4.39 Å². The van der Waals surface area contributed by atoms with E-state index in [1.807, 2.05) is 30.6 Å². The van der Waals surface area contributed by atoms with Crippen molar-refractivity contribution in [3.8, 4) is 0 Å². The molecule has 13 heteroatoms. The summed E-state index contributed by atoms with van der Waals surface area (Å²) in [6.45, 7) is 11.5. The smallest absolute Gasteiger partial charge is 0.255 e. The molecule has 4 aromatic rings. The van der Waals surface area contributed by atoms with E-state index in [9.17, 15) is 14.4 Å². The number of imide groups is 1. The monoisotopic (exact) mass is 747 g/mol. The third-order valence-electron chi connectivity index (χ3n) is 12.3. The Morgan fingerprint density at radius 1 is 0.873 bits per heavy atom. The van der Waals surface area contributed by atoms with Crippen LogP contribution in [-0.2, 0) is 22.6 Å². The van der Waals surface area contributed by atoms with Crippen LogP contribution in [0.5, 0.6) is 0 Å². The molecule has 55 heavy (non-hydrogen) atoms. The van der Waals surface area contributed by atoms with Gasteiger partial charge < -0.3 is 19.7 Å². The SMILES string of the molecule is CC(C)(F)CN1CCc2c([nH]c3ccccc23)[C@H]1c1cnc(N2CCC(CN3CCN(c4ccc5c(c4)CN(C4CCC(=O)NC4=O)C5=O)CC3)CC2)nc1. The van der Waals surface area contributed by atoms with E-state index < -0.39 is 11.7 Å². The molecule has 7 heterocycles. The average Bonchev–Trinajstić information content (AvgIpc) is 3.71. The lowest BCUT2D eigenvalue weighted by Gasteiger charge is -2.40. The fourth-order valence-electron chi connectivity index (χ4n) is 9.58. The van der Waals surface area contributed by atoms with E-state index in [0.717, 1.165) is 106 Å². The summed E-state index contributed by atoms with van der Waals surface area (Å²) in [5.41, 5.74) is 5.91. The number of fused-ring (bicyclic) bond motifs is 4. The van der Waals surface area contributed by atoms with E-state index in [4.69, 9.17) is 9.97 Å². The van der Waals surface area contributed by atoms with Gasteiger partial charge in [0.1, 0.15) is 11.7 Å². The van der Waals surface area contributed by atoms with Crippen LogP contribution in [0.3, 0.4) is 0 Å². The summed E-state index contributed by atoms with van der Waals surface area (Å²) in [6.07, 6.45) is 7.58. The molecule has 3 saturated heterocycles. The molecule has 288 valence electrons. The van der Waals surface area contributed by atoms with Crippen LogP contribution in [0, 0.1) is 5.92 Å². The molecule has 2 N–H and O–H groups in total. The zero-order valence-corrected chi connectivity index (χ0v) is 31.8. The Morgan fingerprint density at radius 3 is 2.38 bits per heavy atom. The second-order valence-corrected chi connectivity index (χ2v) is 16.7. The minimum atomic E-state index is -1.32. The molecule has 5 aliphatic rings. The first-order valence-electron chi connectivity index (χ1n) is 19.9. The van der Waals surface area contributed by atoms with Crippen molar-refractivity contribution in [1.82, 2.24) is 35.0 Å². The minimum absolute atomic E-state index is 0.131. The Hall–Kier alpha value is -4.88. The average molecular weight is 748 g/mol. The quantitative estimate of drug-likeness (QED) is 0.252. The molecule has 0 spiro atoms. The lowest BCUT2D eigenvalue weighted by atomic mass is 9.92. The molecule has 3 fully saturated rings. The van der Waals surface area contributed by atoms with Gasteiger partial charge >= 0.3 is 0 Å². The molecular formula is C42H50FN9O3. The van der Waals surface area contributed by atoms with E-state index in [2.05, 4.69) is 54.2 Å². The number of nitrogens with one attached hydrogen (secondary N) is 2. The van der Waals surface area contributed by atoms with Crippen molar-refractivity contribution in [2.24, 2.45) is 5.92 Å². The molecule has 0 saturated carbocycles. The number of nitrogens with zero attached hydrogens (tertiary/aromatic N) is 7. The number of rotatable bonds is 8. The summed E-state index contributed by atoms with van der Waals surface area (Å²) in [6, 6.07) is 13.7. The maximum Gasteiger partial charge on any atom is 0.255 e. The number of piperazine rings is 1. The summed E-state index contributed by atoms with van der Waals surface area (Å²) in [5, 5.41) is 3.62. The molecule has 2 aromatic heterocycles. The van der Waals surface area contributed by atoms with Gasteiger partial charge in [-0.25, -0.2) is 14.4 Å².